The van der Waals surface area contributed by atoms with Crippen LogP contribution in [0, 0.1) is 17.2 Å². The molecule has 0 spiro atoms. The number of pyridine rings is 1. The van der Waals surface area contributed by atoms with Gasteiger partial charge in [0.25, 0.3) is 0 Å². The van der Waals surface area contributed by atoms with E-state index in [1.807, 2.05) is 12.1 Å². The highest BCUT2D eigenvalue weighted by atomic mass is 32.2. The van der Waals surface area contributed by atoms with E-state index < -0.39 is 28.1 Å². The number of sulfonamides is 1. The molecule has 11 heteroatoms. The van der Waals surface area contributed by atoms with E-state index in [-0.39, 0.29) is 23.8 Å². The first-order chi connectivity index (χ1) is 15.8. The summed E-state index contributed by atoms with van der Waals surface area (Å²) in [6.07, 6.45) is 0.969. The Morgan fingerprint density at radius 2 is 2.06 bits per heavy atom. The number of hydrogen-bond acceptors (Lipinski definition) is 7. The zero-order valence-electron chi connectivity index (χ0n) is 18.1. The standard InChI is InChI=1S/C22H23N5O5S/c1-3-32-21-9-8-15(12-24-21)33(30,31)26-13-20(14(2)19(26)11-23)27-18-7-5-4-6-16(18)17(25-27)10-22(28)29/h4-9,12,14,19-20H,3,10,13H2,1-2H3,(H,28,29)/t14-,19-,20+/m1/s1. The van der Waals surface area contributed by atoms with E-state index >= 15 is 0 Å². The van der Waals surface area contributed by atoms with Crippen LogP contribution in [0.25, 0.3) is 10.9 Å². The van der Waals surface area contributed by atoms with Crippen molar-refractivity contribution in [1.29, 1.82) is 5.26 Å². The van der Waals surface area contributed by atoms with Crippen molar-refractivity contribution in [3.8, 4) is 11.9 Å². The molecule has 2 aromatic heterocycles. The molecule has 1 aromatic carbocycles. The maximum absolute atomic E-state index is 13.4. The molecule has 3 heterocycles. The number of benzene rings is 1. The molecule has 0 unspecified atom stereocenters. The third kappa shape index (κ3) is 4.03. The van der Waals surface area contributed by atoms with Crippen LogP contribution in [0.15, 0.2) is 47.5 Å². The Bertz CT molecular complexity index is 1330. The molecule has 3 atom stereocenters. The van der Waals surface area contributed by atoms with E-state index in [1.54, 1.807) is 30.7 Å². The van der Waals surface area contributed by atoms with Gasteiger partial charge in [-0.15, -0.1) is 0 Å². The highest BCUT2D eigenvalue weighted by Gasteiger charge is 2.47. The summed E-state index contributed by atoms with van der Waals surface area (Å²) in [6.45, 7) is 4.03. The number of carboxylic acid groups (broad SMARTS) is 1. The number of fused-ring (bicyclic) bond motifs is 1. The molecular formula is C22H23N5O5S. The molecule has 1 fully saturated rings. The monoisotopic (exact) mass is 469 g/mol. The van der Waals surface area contributed by atoms with Gasteiger partial charge in [-0.05, 0) is 19.1 Å². The fourth-order valence-corrected chi connectivity index (χ4v) is 5.82. The van der Waals surface area contributed by atoms with Gasteiger partial charge in [-0.3, -0.25) is 9.48 Å². The molecular weight excluding hydrogens is 446 g/mol. The van der Waals surface area contributed by atoms with Gasteiger partial charge in [0.05, 0.1) is 42.5 Å². The maximum Gasteiger partial charge on any atom is 0.309 e. The second kappa shape index (κ2) is 8.80. The Morgan fingerprint density at radius 1 is 1.30 bits per heavy atom. The number of carbonyl (C=O) groups is 1. The van der Waals surface area contributed by atoms with E-state index in [2.05, 4.69) is 16.2 Å². The van der Waals surface area contributed by atoms with E-state index in [4.69, 9.17) is 4.74 Å². The van der Waals surface area contributed by atoms with Gasteiger partial charge < -0.3 is 9.84 Å². The van der Waals surface area contributed by atoms with Crippen molar-refractivity contribution < 1.29 is 23.1 Å². The second-order valence-corrected chi connectivity index (χ2v) is 9.71. The number of ether oxygens (including phenoxy) is 1. The van der Waals surface area contributed by atoms with Crippen molar-refractivity contribution in [3.05, 3.63) is 48.3 Å². The Kier molecular flexibility index (Phi) is 6.05. The first kappa shape index (κ1) is 22.7. The number of carboxylic acids is 1. The van der Waals surface area contributed by atoms with E-state index in [1.165, 1.54) is 22.6 Å². The third-order valence-electron chi connectivity index (χ3n) is 5.85. The summed E-state index contributed by atoms with van der Waals surface area (Å²) in [4.78, 5) is 15.3. The number of aliphatic carboxylic acids is 1. The van der Waals surface area contributed by atoms with Crippen LogP contribution in [-0.2, 0) is 21.2 Å². The normalized spacial score (nSPS) is 21.2. The summed E-state index contributed by atoms with van der Waals surface area (Å²) in [5, 5.41) is 24.3. The van der Waals surface area contributed by atoms with Crippen molar-refractivity contribution in [2.24, 2.45) is 5.92 Å². The molecule has 0 saturated carbocycles. The van der Waals surface area contributed by atoms with Crippen molar-refractivity contribution in [2.45, 2.75) is 37.2 Å². The van der Waals surface area contributed by atoms with Gasteiger partial charge in [0.1, 0.15) is 10.9 Å². The van der Waals surface area contributed by atoms with Gasteiger partial charge in [0, 0.05) is 23.9 Å². The Balaban J connectivity index is 1.73. The largest absolute Gasteiger partial charge is 0.481 e. The molecule has 0 aliphatic carbocycles. The lowest BCUT2D eigenvalue weighted by atomic mass is 10.00. The molecule has 0 radical (unpaired) electrons. The van der Waals surface area contributed by atoms with Crippen LogP contribution in [0.5, 0.6) is 5.88 Å². The first-order valence-electron chi connectivity index (χ1n) is 10.5. The highest BCUT2D eigenvalue weighted by Crippen LogP contribution is 2.38. The molecule has 1 saturated heterocycles. The quantitative estimate of drug-likeness (QED) is 0.556. The van der Waals surface area contributed by atoms with Gasteiger partial charge >= 0.3 is 5.97 Å². The molecule has 4 rings (SSSR count). The van der Waals surface area contributed by atoms with Crippen molar-refractivity contribution in [2.75, 3.05) is 13.2 Å². The average Bonchev–Trinajstić information content (AvgIpc) is 3.31. The zero-order valence-corrected chi connectivity index (χ0v) is 18.9. The van der Waals surface area contributed by atoms with Crippen LogP contribution in [0.4, 0.5) is 0 Å². The highest BCUT2D eigenvalue weighted by molar-refractivity contribution is 7.89. The van der Waals surface area contributed by atoms with E-state index in [0.717, 1.165) is 0 Å². The molecule has 0 bridgehead atoms. The molecule has 0 amide bonds. The SMILES string of the molecule is CCOc1ccc(S(=O)(=O)N2C[C@H](n3nc(CC(=O)O)c4ccccc43)[C@H](C)[C@H]2C#N)cn1. The second-order valence-electron chi connectivity index (χ2n) is 7.82. The van der Waals surface area contributed by atoms with Crippen LogP contribution >= 0.6 is 0 Å². The molecule has 1 aliphatic rings. The minimum Gasteiger partial charge on any atom is -0.481 e. The fraction of sp³-hybridized carbons (Fsp3) is 0.364. The molecule has 3 aromatic rings. The zero-order chi connectivity index (χ0) is 23.8. The van der Waals surface area contributed by atoms with Crippen LogP contribution in [-0.4, -0.2) is 57.8 Å². The predicted molar refractivity (Wildman–Crippen MR) is 118 cm³/mol. The molecule has 33 heavy (non-hydrogen) atoms. The van der Waals surface area contributed by atoms with Gasteiger partial charge in [-0.25, -0.2) is 13.4 Å². The number of hydrogen-bond donors (Lipinski definition) is 1. The lowest BCUT2D eigenvalue weighted by molar-refractivity contribution is -0.136. The van der Waals surface area contributed by atoms with Gasteiger partial charge in [0.2, 0.25) is 15.9 Å². The third-order valence-corrected chi connectivity index (χ3v) is 7.68. The number of nitriles is 1. The number of nitrogens with zero attached hydrogens (tertiary/aromatic N) is 5. The Hall–Kier alpha value is -3.49. The molecule has 172 valence electrons. The summed E-state index contributed by atoms with van der Waals surface area (Å²) < 4.78 is 34.9. The van der Waals surface area contributed by atoms with Gasteiger partial charge in [0.15, 0.2) is 0 Å². The maximum atomic E-state index is 13.4. The summed E-state index contributed by atoms with van der Waals surface area (Å²) >= 11 is 0. The van der Waals surface area contributed by atoms with Crippen LogP contribution in [0.1, 0.15) is 25.6 Å². The Labute approximate surface area is 191 Å². The first-order valence-corrected chi connectivity index (χ1v) is 11.9. The summed E-state index contributed by atoms with van der Waals surface area (Å²) in [5.74, 6) is -1.08. The minimum absolute atomic E-state index is 0.0210. The smallest absolute Gasteiger partial charge is 0.309 e. The van der Waals surface area contributed by atoms with Crippen LogP contribution in [0.2, 0.25) is 0 Å². The van der Waals surface area contributed by atoms with Crippen LogP contribution < -0.4 is 4.74 Å². The topological polar surface area (TPSA) is 138 Å². The van der Waals surface area contributed by atoms with Crippen LogP contribution in [0.3, 0.4) is 0 Å². The van der Waals surface area contributed by atoms with E-state index in [0.29, 0.717) is 29.1 Å². The average molecular weight is 470 g/mol. The molecule has 1 aliphatic heterocycles. The predicted octanol–water partition coefficient (Wildman–Crippen LogP) is 2.23. The molecule has 10 nitrogen and oxygen atoms in total. The van der Waals surface area contributed by atoms with Crippen molar-refractivity contribution >= 4 is 26.9 Å². The van der Waals surface area contributed by atoms with Gasteiger partial charge in [-0.2, -0.15) is 14.7 Å². The van der Waals surface area contributed by atoms with Gasteiger partial charge in [-0.1, -0.05) is 25.1 Å². The number of para-hydroxylation sites is 1. The Morgan fingerprint density at radius 3 is 2.70 bits per heavy atom. The van der Waals surface area contributed by atoms with E-state index in [9.17, 15) is 23.6 Å². The summed E-state index contributed by atoms with van der Waals surface area (Å²) in [6, 6.07) is 10.9. The lowest BCUT2D eigenvalue weighted by Crippen LogP contribution is -2.36. The summed E-state index contributed by atoms with van der Waals surface area (Å²) in [7, 11) is -4.01. The molecule has 1 N–H and O–H groups in total. The fourth-order valence-electron chi connectivity index (χ4n) is 4.24. The summed E-state index contributed by atoms with van der Waals surface area (Å²) in [5.41, 5.74) is 1.10. The van der Waals surface area contributed by atoms with Crippen molar-refractivity contribution in [3.63, 3.8) is 0 Å². The number of aromatic nitrogens is 3. The number of rotatable bonds is 7. The lowest BCUT2D eigenvalue weighted by Gasteiger charge is -2.20. The van der Waals surface area contributed by atoms with Crippen molar-refractivity contribution in [1.82, 2.24) is 19.1 Å². The minimum atomic E-state index is -4.01.